The van der Waals surface area contributed by atoms with E-state index in [9.17, 15) is 9.59 Å². The van der Waals surface area contributed by atoms with Crippen molar-refractivity contribution in [2.75, 3.05) is 11.5 Å². The summed E-state index contributed by atoms with van der Waals surface area (Å²) in [5.41, 5.74) is 9.73. The van der Waals surface area contributed by atoms with Crippen LogP contribution in [0.15, 0.2) is 0 Å². The minimum absolute atomic E-state index is 0.100. The molecule has 0 bridgehead atoms. The second-order valence-electron chi connectivity index (χ2n) is 3.40. The van der Waals surface area contributed by atoms with E-state index >= 15 is 0 Å². The highest BCUT2D eigenvalue weighted by molar-refractivity contribution is 7.99. The highest BCUT2D eigenvalue weighted by atomic mass is 32.2. The highest BCUT2D eigenvalue weighted by Crippen LogP contribution is 2.37. The lowest BCUT2D eigenvalue weighted by Gasteiger charge is -2.32. The number of carbonyl (C=O) groups is 2. The van der Waals surface area contributed by atoms with Gasteiger partial charge in [-0.3, -0.25) is 9.59 Å². The molecule has 5 heteroatoms. The third kappa shape index (κ3) is 2.37. The van der Waals surface area contributed by atoms with Crippen molar-refractivity contribution in [2.24, 2.45) is 16.9 Å². The Bertz CT molecular complexity index is 224. The number of nitrogens with two attached hydrogens (primary N) is 2. The second kappa shape index (κ2) is 4.00. The van der Waals surface area contributed by atoms with Crippen LogP contribution in [-0.4, -0.2) is 23.3 Å². The van der Waals surface area contributed by atoms with Gasteiger partial charge in [-0.05, 0) is 24.3 Å². The van der Waals surface area contributed by atoms with E-state index < -0.39 is 11.3 Å². The zero-order valence-electron chi connectivity index (χ0n) is 7.41. The summed E-state index contributed by atoms with van der Waals surface area (Å²) in [4.78, 5) is 22.0. The van der Waals surface area contributed by atoms with Crippen LogP contribution in [0.1, 0.15) is 19.3 Å². The predicted octanol–water partition coefficient (Wildman–Crippen LogP) is -0.140. The maximum absolute atomic E-state index is 11.2. The monoisotopic (exact) mass is 202 g/mol. The largest absolute Gasteiger partial charge is 0.370 e. The van der Waals surface area contributed by atoms with Gasteiger partial charge < -0.3 is 11.5 Å². The van der Waals surface area contributed by atoms with Crippen LogP contribution in [0.25, 0.3) is 0 Å². The topological polar surface area (TPSA) is 86.2 Å². The molecule has 0 radical (unpaired) electrons. The number of amides is 2. The molecule has 0 aromatic carbocycles. The smallest absolute Gasteiger partial charge is 0.224 e. The van der Waals surface area contributed by atoms with E-state index in [1.807, 2.05) is 0 Å². The Morgan fingerprint density at radius 2 is 1.77 bits per heavy atom. The number of carbonyl (C=O) groups excluding carboxylic acids is 2. The minimum atomic E-state index is -0.656. The normalized spacial score (nSPS) is 20.9. The lowest BCUT2D eigenvalue weighted by molar-refractivity contribution is -0.133. The van der Waals surface area contributed by atoms with Gasteiger partial charge in [-0.2, -0.15) is 11.8 Å². The van der Waals surface area contributed by atoms with Crippen LogP contribution in [0.4, 0.5) is 0 Å². The second-order valence-corrected chi connectivity index (χ2v) is 4.62. The summed E-state index contributed by atoms with van der Waals surface area (Å²) < 4.78 is 0. The number of thioether (sulfide) groups is 1. The predicted molar refractivity (Wildman–Crippen MR) is 52.0 cm³/mol. The Morgan fingerprint density at radius 1 is 1.23 bits per heavy atom. The first-order valence-electron chi connectivity index (χ1n) is 4.23. The molecule has 0 aromatic heterocycles. The molecule has 1 rings (SSSR count). The molecular formula is C8H14N2O2S. The average molecular weight is 202 g/mol. The molecular weight excluding hydrogens is 188 g/mol. The third-order valence-electron chi connectivity index (χ3n) is 2.49. The molecule has 1 fully saturated rings. The van der Waals surface area contributed by atoms with Crippen LogP contribution in [0.5, 0.6) is 0 Å². The zero-order valence-corrected chi connectivity index (χ0v) is 8.23. The highest BCUT2D eigenvalue weighted by Gasteiger charge is 2.39. The molecule has 1 aliphatic heterocycles. The van der Waals surface area contributed by atoms with Crippen LogP contribution in [0.3, 0.4) is 0 Å². The Balaban J connectivity index is 2.73. The molecule has 13 heavy (non-hydrogen) atoms. The standard InChI is InChI=1S/C8H14N2O2S/c9-6(11)5-8(7(10)12)1-3-13-4-2-8/h1-5H2,(H2,9,11)(H2,10,12). The zero-order chi connectivity index (χ0) is 9.90. The molecule has 4 nitrogen and oxygen atoms in total. The first-order valence-corrected chi connectivity index (χ1v) is 5.38. The summed E-state index contributed by atoms with van der Waals surface area (Å²) in [5.74, 6) is 0.948. The minimum Gasteiger partial charge on any atom is -0.370 e. The first kappa shape index (κ1) is 10.4. The molecule has 2 amide bonds. The van der Waals surface area contributed by atoms with Crippen molar-refractivity contribution in [3.05, 3.63) is 0 Å². The van der Waals surface area contributed by atoms with Crippen molar-refractivity contribution < 1.29 is 9.59 Å². The van der Waals surface area contributed by atoms with Gasteiger partial charge in [-0.1, -0.05) is 0 Å². The molecule has 1 heterocycles. The SMILES string of the molecule is NC(=O)CC1(C(N)=O)CCSCC1. The molecule has 1 saturated heterocycles. The molecule has 0 saturated carbocycles. The molecule has 0 aliphatic carbocycles. The van der Waals surface area contributed by atoms with Crippen molar-refractivity contribution in [1.29, 1.82) is 0 Å². The Kier molecular flexibility index (Phi) is 3.19. The van der Waals surface area contributed by atoms with E-state index in [4.69, 9.17) is 11.5 Å². The average Bonchev–Trinajstić information content (AvgIpc) is 2.04. The molecule has 74 valence electrons. The third-order valence-corrected chi connectivity index (χ3v) is 3.47. The fourth-order valence-corrected chi connectivity index (χ4v) is 2.88. The van der Waals surface area contributed by atoms with Crippen LogP contribution < -0.4 is 11.5 Å². The van der Waals surface area contributed by atoms with Crippen LogP contribution in [0, 0.1) is 5.41 Å². The summed E-state index contributed by atoms with van der Waals surface area (Å²) in [6.07, 6.45) is 1.45. The van der Waals surface area contributed by atoms with Crippen molar-refractivity contribution in [1.82, 2.24) is 0 Å². The van der Waals surface area contributed by atoms with E-state index in [1.165, 1.54) is 0 Å². The lowest BCUT2D eigenvalue weighted by Crippen LogP contribution is -2.43. The van der Waals surface area contributed by atoms with Crippen LogP contribution in [-0.2, 0) is 9.59 Å². The molecule has 0 unspecified atom stereocenters. The van der Waals surface area contributed by atoms with Gasteiger partial charge in [0.25, 0.3) is 0 Å². The van der Waals surface area contributed by atoms with Gasteiger partial charge >= 0.3 is 0 Å². The first-order chi connectivity index (χ1) is 6.07. The Morgan fingerprint density at radius 3 is 2.15 bits per heavy atom. The lowest BCUT2D eigenvalue weighted by atomic mass is 9.78. The summed E-state index contributed by atoms with van der Waals surface area (Å²) >= 11 is 1.78. The van der Waals surface area contributed by atoms with Crippen molar-refractivity contribution in [2.45, 2.75) is 19.3 Å². The van der Waals surface area contributed by atoms with Gasteiger partial charge in [0.05, 0.1) is 5.41 Å². The summed E-state index contributed by atoms with van der Waals surface area (Å²) in [6, 6.07) is 0. The van der Waals surface area contributed by atoms with Crippen LogP contribution in [0.2, 0.25) is 0 Å². The van der Waals surface area contributed by atoms with Gasteiger partial charge in [0.15, 0.2) is 0 Å². The van der Waals surface area contributed by atoms with E-state index in [-0.39, 0.29) is 12.3 Å². The summed E-state index contributed by atoms with van der Waals surface area (Å²) in [7, 11) is 0. The summed E-state index contributed by atoms with van der Waals surface area (Å²) in [6.45, 7) is 0. The van der Waals surface area contributed by atoms with Gasteiger partial charge in [0.2, 0.25) is 11.8 Å². The van der Waals surface area contributed by atoms with Gasteiger partial charge in [0, 0.05) is 6.42 Å². The maximum Gasteiger partial charge on any atom is 0.224 e. The molecule has 4 N–H and O–H groups in total. The van der Waals surface area contributed by atoms with Crippen molar-refractivity contribution in [3.63, 3.8) is 0 Å². The maximum atomic E-state index is 11.2. The molecule has 0 aromatic rings. The van der Waals surface area contributed by atoms with Crippen LogP contribution >= 0.6 is 11.8 Å². The number of hydrogen-bond acceptors (Lipinski definition) is 3. The van der Waals surface area contributed by atoms with Crippen molar-refractivity contribution >= 4 is 23.6 Å². The van der Waals surface area contributed by atoms with Gasteiger partial charge in [-0.15, -0.1) is 0 Å². The quantitative estimate of drug-likeness (QED) is 0.668. The molecule has 0 atom stereocenters. The van der Waals surface area contributed by atoms with Gasteiger partial charge in [0.1, 0.15) is 0 Å². The number of primary amides is 2. The van der Waals surface area contributed by atoms with E-state index in [1.54, 1.807) is 11.8 Å². The number of hydrogen-bond donors (Lipinski definition) is 2. The number of rotatable bonds is 3. The van der Waals surface area contributed by atoms with E-state index in [0.29, 0.717) is 12.8 Å². The Labute approximate surface area is 81.4 Å². The fraction of sp³-hybridized carbons (Fsp3) is 0.750. The molecule has 1 aliphatic rings. The fourth-order valence-electron chi connectivity index (χ4n) is 1.61. The van der Waals surface area contributed by atoms with Gasteiger partial charge in [-0.25, -0.2) is 0 Å². The Hall–Kier alpha value is -0.710. The van der Waals surface area contributed by atoms with E-state index in [0.717, 1.165) is 11.5 Å². The molecule has 0 spiro atoms. The van der Waals surface area contributed by atoms with E-state index in [2.05, 4.69) is 0 Å². The summed E-state index contributed by atoms with van der Waals surface area (Å²) in [5, 5.41) is 0. The van der Waals surface area contributed by atoms with Crippen molar-refractivity contribution in [3.8, 4) is 0 Å².